The number of carbonyl (C=O) groups excluding carboxylic acids is 1. The second-order valence-electron chi connectivity index (χ2n) is 6.15. The monoisotopic (exact) mass is 270 g/mol. The first-order valence-electron chi connectivity index (χ1n) is 7.32. The summed E-state index contributed by atoms with van der Waals surface area (Å²) in [6, 6.07) is 10.2. The number of benzene rings is 1. The van der Waals surface area contributed by atoms with Crippen molar-refractivity contribution < 1.29 is 4.79 Å². The summed E-state index contributed by atoms with van der Waals surface area (Å²) in [5.74, 6) is 0.146. The van der Waals surface area contributed by atoms with Gasteiger partial charge in [0.05, 0.1) is 11.5 Å². The molecule has 0 N–H and O–H groups in total. The first-order valence-corrected chi connectivity index (χ1v) is 7.32. The van der Waals surface area contributed by atoms with E-state index in [0.717, 1.165) is 49.9 Å². The maximum absolute atomic E-state index is 12.5. The average molecular weight is 270 g/mol. The van der Waals surface area contributed by atoms with Crippen molar-refractivity contribution in [3.05, 3.63) is 35.4 Å². The van der Waals surface area contributed by atoms with E-state index in [1.165, 1.54) is 0 Å². The summed E-state index contributed by atoms with van der Waals surface area (Å²) in [5, 5.41) is 9.03. The van der Waals surface area contributed by atoms with Gasteiger partial charge < -0.3 is 4.90 Å². The Bertz CT molecular complexity index is 528. The summed E-state index contributed by atoms with van der Waals surface area (Å²) in [6.07, 6.45) is 3.70. The fourth-order valence-electron chi connectivity index (χ4n) is 2.66. The highest BCUT2D eigenvalue weighted by Crippen LogP contribution is 2.23. The van der Waals surface area contributed by atoms with Crippen molar-refractivity contribution in [3.63, 3.8) is 0 Å². The molecule has 0 spiro atoms. The first-order chi connectivity index (χ1) is 9.53. The fraction of sp³-hybridized carbons (Fsp3) is 0.529. The lowest BCUT2D eigenvalue weighted by Gasteiger charge is -2.23. The zero-order valence-corrected chi connectivity index (χ0v) is 12.4. The molecule has 0 bridgehead atoms. The van der Waals surface area contributed by atoms with Crippen molar-refractivity contribution in [1.82, 2.24) is 4.90 Å². The van der Waals surface area contributed by atoms with Crippen molar-refractivity contribution in [2.45, 2.75) is 39.5 Å². The molecule has 1 amide bonds. The van der Waals surface area contributed by atoms with Crippen LogP contribution in [0.4, 0.5) is 0 Å². The lowest BCUT2D eigenvalue weighted by atomic mass is 9.90. The van der Waals surface area contributed by atoms with Crippen LogP contribution in [0, 0.1) is 16.7 Å². The predicted molar refractivity (Wildman–Crippen MR) is 79.3 cm³/mol. The van der Waals surface area contributed by atoms with Gasteiger partial charge in [0, 0.05) is 18.7 Å². The van der Waals surface area contributed by atoms with Gasteiger partial charge in [0.25, 0.3) is 5.91 Å². The van der Waals surface area contributed by atoms with Crippen LogP contribution in [0.15, 0.2) is 24.3 Å². The van der Waals surface area contributed by atoms with Crippen LogP contribution in [0.1, 0.15) is 49.0 Å². The Hall–Kier alpha value is -1.82. The van der Waals surface area contributed by atoms with Gasteiger partial charge in [-0.3, -0.25) is 4.79 Å². The van der Waals surface area contributed by atoms with Gasteiger partial charge in [-0.05, 0) is 51.2 Å². The number of hydrogen-bond acceptors (Lipinski definition) is 2. The van der Waals surface area contributed by atoms with Crippen LogP contribution in [0.25, 0.3) is 0 Å². The summed E-state index contributed by atoms with van der Waals surface area (Å²) in [5.41, 5.74) is 1.72. The van der Waals surface area contributed by atoms with E-state index in [1.807, 2.05) is 36.9 Å². The Morgan fingerprint density at radius 1 is 1.35 bits per heavy atom. The number of aryl methyl sites for hydroxylation is 1. The molecule has 0 unspecified atom stereocenters. The molecule has 0 fully saturated rings. The molecular formula is C17H22N2O. The molecule has 1 aliphatic rings. The predicted octanol–water partition coefficient (Wildman–Crippen LogP) is 3.40. The molecule has 0 saturated carbocycles. The Kier molecular flexibility index (Phi) is 4.44. The van der Waals surface area contributed by atoms with E-state index in [9.17, 15) is 4.79 Å². The zero-order valence-electron chi connectivity index (χ0n) is 12.4. The van der Waals surface area contributed by atoms with Crippen molar-refractivity contribution in [2.24, 2.45) is 5.41 Å². The minimum Gasteiger partial charge on any atom is -0.339 e. The van der Waals surface area contributed by atoms with E-state index < -0.39 is 0 Å². The van der Waals surface area contributed by atoms with Crippen LogP contribution < -0.4 is 0 Å². The second kappa shape index (κ2) is 6.09. The second-order valence-corrected chi connectivity index (χ2v) is 6.15. The molecule has 1 heterocycles. The number of nitriles is 1. The van der Waals surface area contributed by atoms with Crippen LogP contribution in [-0.4, -0.2) is 23.9 Å². The molecule has 20 heavy (non-hydrogen) atoms. The lowest BCUT2D eigenvalue weighted by molar-refractivity contribution is 0.0755. The van der Waals surface area contributed by atoms with E-state index in [-0.39, 0.29) is 11.3 Å². The normalized spacial score (nSPS) is 15.4. The third-order valence-electron chi connectivity index (χ3n) is 3.94. The molecule has 3 heteroatoms. The number of hydrogen-bond donors (Lipinski definition) is 0. The van der Waals surface area contributed by atoms with Gasteiger partial charge in [0.2, 0.25) is 0 Å². The molecule has 0 atom stereocenters. The average Bonchev–Trinajstić information content (AvgIpc) is 2.60. The molecule has 1 aliphatic heterocycles. The van der Waals surface area contributed by atoms with Crippen LogP contribution in [0.3, 0.4) is 0 Å². The highest BCUT2D eigenvalue weighted by Gasteiger charge is 2.23. The number of amides is 1. The standard InChI is InChI=1S/C17H22N2O/c1-17(2,13-18)10-6-12-19-11-5-8-14-7-3-4-9-15(14)16(19)20/h3-4,7,9H,5-6,8,10-12H2,1-2H3. The summed E-state index contributed by atoms with van der Waals surface area (Å²) >= 11 is 0. The Morgan fingerprint density at radius 2 is 2.10 bits per heavy atom. The van der Waals surface area contributed by atoms with Gasteiger partial charge in [0.1, 0.15) is 0 Å². The number of fused-ring (bicyclic) bond motifs is 1. The van der Waals surface area contributed by atoms with E-state index in [2.05, 4.69) is 12.1 Å². The SMILES string of the molecule is CC(C)(C#N)CCCN1CCCc2ccccc2C1=O. The lowest BCUT2D eigenvalue weighted by Crippen LogP contribution is -2.32. The highest BCUT2D eigenvalue weighted by molar-refractivity contribution is 5.96. The quantitative estimate of drug-likeness (QED) is 0.841. The molecule has 2 rings (SSSR count). The maximum Gasteiger partial charge on any atom is 0.254 e. The van der Waals surface area contributed by atoms with E-state index >= 15 is 0 Å². The topological polar surface area (TPSA) is 44.1 Å². The van der Waals surface area contributed by atoms with Crippen LogP contribution in [0.2, 0.25) is 0 Å². The zero-order chi connectivity index (χ0) is 14.6. The Morgan fingerprint density at radius 3 is 2.85 bits per heavy atom. The van der Waals surface area contributed by atoms with Crippen molar-refractivity contribution in [2.75, 3.05) is 13.1 Å². The Labute approximate surface area is 121 Å². The van der Waals surface area contributed by atoms with Crippen molar-refractivity contribution in [1.29, 1.82) is 5.26 Å². The summed E-state index contributed by atoms with van der Waals surface area (Å²) in [7, 11) is 0. The molecule has 0 saturated heterocycles. The van der Waals surface area contributed by atoms with Gasteiger partial charge >= 0.3 is 0 Å². The Balaban J connectivity index is 2.00. The minimum absolute atomic E-state index is 0.146. The minimum atomic E-state index is -0.299. The van der Waals surface area contributed by atoms with Crippen LogP contribution >= 0.6 is 0 Å². The molecule has 0 radical (unpaired) electrons. The number of nitrogens with zero attached hydrogens (tertiary/aromatic N) is 2. The van der Waals surface area contributed by atoms with Gasteiger partial charge in [-0.1, -0.05) is 18.2 Å². The molecular weight excluding hydrogens is 248 g/mol. The maximum atomic E-state index is 12.5. The van der Waals surface area contributed by atoms with Crippen molar-refractivity contribution in [3.8, 4) is 6.07 Å². The summed E-state index contributed by atoms with van der Waals surface area (Å²) < 4.78 is 0. The van der Waals surface area contributed by atoms with Gasteiger partial charge in [-0.15, -0.1) is 0 Å². The molecule has 3 nitrogen and oxygen atoms in total. The smallest absolute Gasteiger partial charge is 0.254 e. The third kappa shape index (κ3) is 3.39. The van der Waals surface area contributed by atoms with E-state index in [4.69, 9.17) is 5.26 Å². The van der Waals surface area contributed by atoms with Crippen LogP contribution in [0.5, 0.6) is 0 Å². The number of rotatable bonds is 4. The van der Waals surface area contributed by atoms with Crippen molar-refractivity contribution >= 4 is 5.91 Å². The van der Waals surface area contributed by atoms with Gasteiger partial charge in [-0.25, -0.2) is 0 Å². The first kappa shape index (κ1) is 14.6. The summed E-state index contributed by atoms with van der Waals surface area (Å²) in [4.78, 5) is 14.5. The van der Waals surface area contributed by atoms with E-state index in [0.29, 0.717) is 0 Å². The van der Waals surface area contributed by atoms with E-state index in [1.54, 1.807) is 0 Å². The molecule has 0 aliphatic carbocycles. The molecule has 1 aromatic rings. The largest absolute Gasteiger partial charge is 0.339 e. The molecule has 106 valence electrons. The molecule has 1 aromatic carbocycles. The summed E-state index contributed by atoms with van der Waals surface area (Å²) in [6.45, 7) is 5.47. The number of carbonyl (C=O) groups is 1. The highest BCUT2D eigenvalue weighted by atomic mass is 16.2. The van der Waals surface area contributed by atoms with Gasteiger partial charge in [-0.2, -0.15) is 5.26 Å². The van der Waals surface area contributed by atoms with Gasteiger partial charge in [0.15, 0.2) is 0 Å². The third-order valence-corrected chi connectivity index (χ3v) is 3.94. The fourth-order valence-corrected chi connectivity index (χ4v) is 2.66. The van der Waals surface area contributed by atoms with Crippen LogP contribution in [-0.2, 0) is 6.42 Å². The molecule has 0 aromatic heterocycles.